The summed E-state index contributed by atoms with van der Waals surface area (Å²) in [5.41, 5.74) is 2.70. The van der Waals surface area contributed by atoms with Crippen LogP contribution in [0.2, 0.25) is 0 Å². The van der Waals surface area contributed by atoms with Gasteiger partial charge in [-0.15, -0.1) is 31.4 Å². The van der Waals surface area contributed by atoms with E-state index in [4.69, 9.17) is 0 Å². The van der Waals surface area contributed by atoms with Gasteiger partial charge in [-0.05, 0) is 51.2 Å². The zero-order valence-corrected chi connectivity index (χ0v) is 18.4. The summed E-state index contributed by atoms with van der Waals surface area (Å²) in [5.74, 6) is 0. The molecule has 0 aliphatic carbocycles. The molecule has 4 heteroatoms. The highest BCUT2D eigenvalue weighted by Crippen LogP contribution is 2.40. The molecule has 2 nitrogen and oxygen atoms in total. The largest absolute Gasteiger partial charge is 0.314 e. The van der Waals surface area contributed by atoms with Gasteiger partial charge in [0, 0.05) is 32.2 Å². The maximum atomic E-state index is 4.23. The first-order valence-electron chi connectivity index (χ1n) is 9.98. The third-order valence-electron chi connectivity index (χ3n) is 6.06. The normalized spacial score (nSPS) is 15.9. The van der Waals surface area contributed by atoms with E-state index < -0.39 is 0 Å². The average Bonchev–Trinajstić information content (AvgIpc) is 2.71. The minimum Gasteiger partial charge on any atom is -0.314 e. The fourth-order valence-corrected chi connectivity index (χ4v) is 4.81. The van der Waals surface area contributed by atoms with Crippen LogP contribution in [0, 0.1) is 0 Å². The Bertz CT molecular complexity index is 1120. The number of halogens is 2. The summed E-state index contributed by atoms with van der Waals surface area (Å²) < 4.78 is 0. The maximum absolute atomic E-state index is 4.23. The number of hydrogen-bond donors (Lipinski definition) is 1. The van der Waals surface area contributed by atoms with Crippen molar-refractivity contribution < 1.29 is 0 Å². The van der Waals surface area contributed by atoms with Crippen molar-refractivity contribution in [1.29, 1.82) is 0 Å². The van der Waals surface area contributed by atoms with Crippen LogP contribution >= 0.6 is 24.8 Å². The Hall–Kier alpha value is -1.84. The van der Waals surface area contributed by atoms with E-state index in [1.54, 1.807) is 0 Å². The van der Waals surface area contributed by atoms with E-state index in [1.807, 2.05) is 0 Å². The van der Waals surface area contributed by atoms with Crippen LogP contribution in [0.25, 0.3) is 32.3 Å². The molecule has 0 bridgehead atoms. The van der Waals surface area contributed by atoms with Crippen molar-refractivity contribution in [3.63, 3.8) is 0 Å². The van der Waals surface area contributed by atoms with E-state index in [2.05, 4.69) is 78.3 Å². The van der Waals surface area contributed by atoms with Crippen molar-refractivity contribution in [2.24, 2.45) is 0 Å². The second-order valence-corrected chi connectivity index (χ2v) is 7.97. The standard InChI is InChI=1S/C25H26N2.2ClH/c1-17(2)16-23(27-14-12-26-13-15-27)21-10-8-20-7-6-18-4-3-5-19-9-11-22(21)25(20)24(18)19;;/h3-11,23,26H,1,12-16H2,2H3;2*1H/t23-;;/m1../s1. The molecule has 1 N–H and O–H groups in total. The predicted octanol–water partition coefficient (Wildman–Crippen LogP) is 6.34. The number of nitrogens with zero attached hydrogens (tertiary/aromatic N) is 1. The molecule has 0 spiro atoms. The monoisotopic (exact) mass is 426 g/mol. The summed E-state index contributed by atoms with van der Waals surface area (Å²) >= 11 is 0. The Balaban J connectivity index is 0.00000120. The second kappa shape index (κ2) is 8.89. The molecule has 0 amide bonds. The predicted molar refractivity (Wildman–Crippen MR) is 131 cm³/mol. The van der Waals surface area contributed by atoms with Gasteiger partial charge in [0.1, 0.15) is 0 Å². The molecule has 0 unspecified atom stereocenters. The maximum Gasteiger partial charge on any atom is 0.0392 e. The molecule has 152 valence electrons. The lowest BCUT2D eigenvalue weighted by molar-refractivity contribution is 0.173. The highest BCUT2D eigenvalue weighted by Gasteiger charge is 2.24. The van der Waals surface area contributed by atoms with Crippen LogP contribution in [0.5, 0.6) is 0 Å². The lowest BCUT2D eigenvalue weighted by Gasteiger charge is -2.36. The molecule has 0 aromatic heterocycles. The van der Waals surface area contributed by atoms with Crippen LogP contribution in [0.1, 0.15) is 24.9 Å². The molecule has 1 aliphatic heterocycles. The molecule has 0 radical (unpaired) electrons. The van der Waals surface area contributed by atoms with Crippen LogP contribution in [-0.4, -0.2) is 31.1 Å². The van der Waals surface area contributed by atoms with Gasteiger partial charge in [0.05, 0.1) is 0 Å². The average molecular weight is 427 g/mol. The fourth-order valence-electron chi connectivity index (χ4n) is 4.81. The molecule has 4 aromatic carbocycles. The zero-order chi connectivity index (χ0) is 18.4. The topological polar surface area (TPSA) is 15.3 Å². The number of nitrogens with one attached hydrogen (secondary N) is 1. The van der Waals surface area contributed by atoms with Gasteiger partial charge >= 0.3 is 0 Å². The second-order valence-electron chi connectivity index (χ2n) is 7.97. The summed E-state index contributed by atoms with van der Waals surface area (Å²) in [4.78, 5) is 2.64. The Morgan fingerprint density at radius 2 is 1.48 bits per heavy atom. The number of piperazine rings is 1. The molecule has 1 aliphatic rings. The molecule has 29 heavy (non-hydrogen) atoms. The van der Waals surface area contributed by atoms with E-state index in [9.17, 15) is 0 Å². The van der Waals surface area contributed by atoms with Gasteiger partial charge < -0.3 is 5.32 Å². The lowest BCUT2D eigenvalue weighted by atomic mass is 9.88. The Morgan fingerprint density at radius 1 is 0.897 bits per heavy atom. The van der Waals surface area contributed by atoms with Gasteiger partial charge in [-0.2, -0.15) is 0 Å². The highest BCUT2D eigenvalue weighted by atomic mass is 35.5. The molecular formula is C25H28Cl2N2. The Kier molecular flexibility index (Phi) is 6.70. The van der Waals surface area contributed by atoms with Crippen molar-refractivity contribution in [2.45, 2.75) is 19.4 Å². The number of rotatable bonds is 4. The van der Waals surface area contributed by atoms with Gasteiger partial charge in [0.15, 0.2) is 0 Å². The van der Waals surface area contributed by atoms with E-state index in [0.717, 1.165) is 32.6 Å². The molecule has 5 rings (SSSR count). The van der Waals surface area contributed by atoms with Crippen LogP contribution < -0.4 is 5.32 Å². The molecular weight excluding hydrogens is 399 g/mol. The van der Waals surface area contributed by atoms with Gasteiger partial charge in [-0.3, -0.25) is 4.90 Å². The first-order chi connectivity index (χ1) is 13.2. The van der Waals surface area contributed by atoms with Crippen molar-refractivity contribution in [2.75, 3.05) is 26.2 Å². The third-order valence-corrected chi connectivity index (χ3v) is 6.06. The summed E-state index contributed by atoms with van der Waals surface area (Å²) in [6.07, 6.45) is 1.02. The van der Waals surface area contributed by atoms with Gasteiger partial charge in [0.25, 0.3) is 0 Å². The van der Waals surface area contributed by atoms with E-state index in [-0.39, 0.29) is 24.8 Å². The molecule has 1 heterocycles. The molecule has 1 atom stereocenters. The van der Waals surface area contributed by atoms with Crippen molar-refractivity contribution in [3.8, 4) is 0 Å². The van der Waals surface area contributed by atoms with E-state index in [0.29, 0.717) is 6.04 Å². The summed E-state index contributed by atoms with van der Waals surface area (Å²) in [5, 5.41) is 11.7. The summed E-state index contributed by atoms with van der Waals surface area (Å²) in [6.45, 7) is 10.7. The first kappa shape index (κ1) is 21.9. The molecule has 1 fully saturated rings. The molecule has 1 saturated heterocycles. The zero-order valence-electron chi connectivity index (χ0n) is 16.8. The Labute approximate surface area is 185 Å². The lowest BCUT2D eigenvalue weighted by Crippen LogP contribution is -2.45. The minimum atomic E-state index is 0. The van der Waals surface area contributed by atoms with Gasteiger partial charge in [-0.25, -0.2) is 0 Å². The summed E-state index contributed by atoms with van der Waals surface area (Å²) in [7, 11) is 0. The fraction of sp³-hybridized carbons (Fsp3) is 0.280. The summed E-state index contributed by atoms with van der Waals surface area (Å²) in [6, 6.07) is 20.9. The van der Waals surface area contributed by atoms with Crippen LogP contribution in [0.15, 0.2) is 66.7 Å². The minimum absolute atomic E-state index is 0. The SMILES string of the molecule is C=C(C)C[C@H](c1ccc2ccc3cccc4ccc1c2c34)N1CCNCC1.Cl.Cl. The van der Waals surface area contributed by atoms with E-state index in [1.165, 1.54) is 43.5 Å². The number of benzene rings is 4. The third kappa shape index (κ3) is 3.83. The van der Waals surface area contributed by atoms with Crippen LogP contribution in [0.4, 0.5) is 0 Å². The molecule has 0 saturated carbocycles. The van der Waals surface area contributed by atoms with Gasteiger partial charge in [0.2, 0.25) is 0 Å². The molecule has 4 aromatic rings. The Morgan fingerprint density at radius 3 is 2.14 bits per heavy atom. The first-order valence-corrected chi connectivity index (χ1v) is 9.98. The highest BCUT2D eigenvalue weighted by molar-refractivity contribution is 6.23. The van der Waals surface area contributed by atoms with Crippen molar-refractivity contribution >= 4 is 57.1 Å². The van der Waals surface area contributed by atoms with Crippen LogP contribution in [-0.2, 0) is 0 Å². The van der Waals surface area contributed by atoms with Crippen molar-refractivity contribution in [1.82, 2.24) is 10.2 Å². The van der Waals surface area contributed by atoms with Crippen molar-refractivity contribution in [3.05, 3.63) is 72.3 Å². The van der Waals surface area contributed by atoms with Gasteiger partial charge in [-0.1, -0.05) is 60.2 Å². The van der Waals surface area contributed by atoms with E-state index >= 15 is 0 Å². The van der Waals surface area contributed by atoms with Crippen LogP contribution in [0.3, 0.4) is 0 Å². The smallest absolute Gasteiger partial charge is 0.0392 e. The number of hydrogen-bond acceptors (Lipinski definition) is 2. The quantitative estimate of drug-likeness (QED) is 0.302.